The van der Waals surface area contributed by atoms with Crippen molar-refractivity contribution in [2.75, 3.05) is 19.6 Å². The van der Waals surface area contributed by atoms with Crippen molar-refractivity contribution in [1.29, 1.82) is 0 Å². The van der Waals surface area contributed by atoms with Gasteiger partial charge in [-0.15, -0.1) is 0 Å². The van der Waals surface area contributed by atoms with Gasteiger partial charge in [-0.3, -0.25) is 4.90 Å². The Bertz CT molecular complexity index is 294. The maximum Gasteiger partial charge on any atom is 0.0334 e. The molecule has 1 unspecified atom stereocenters. The predicted molar refractivity (Wildman–Crippen MR) is 88.2 cm³/mol. The van der Waals surface area contributed by atoms with E-state index in [4.69, 9.17) is 0 Å². The normalized spacial score (nSPS) is 31.1. The van der Waals surface area contributed by atoms with Gasteiger partial charge >= 0.3 is 0 Å². The van der Waals surface area contributed by atoms with Gasteiger partial charge in [-0.1, -0.05) is 40.0 Å². The molecule has 2 aliphatic rings. The molecule has 0 aromatic rings. The fourth-order valence-corrected chi connectivity index (χ4v) is 4.08. The minimum Gasteiger partial charge on any atom is -0.308 e. The molecule has 0 bridgehead atoms. The van der Waals surface area contributed by atoms with Crippen LogP contribution in [0.3, 0.4) is 0 Å². The molecule has 1 aliphatic heterocycles. The Balaban J connectivity index is 2.01. The van der Waals surface area contributed by atoms with Crippen molar-refractivity contribution in [3.8, 4) is 0 Å². The van der Waals surface area contributed by atoms with Gasteiger partial charge in [0.15, 0.2) is 0 Å². The molecule has 1 saturated heterocycles. The van der Waals surface area contributed by atoms with Gasteiger partial charge in [-0.2, -0.15) is 0 Å². The first-order valence-electron chi connectivity index (χ1n) is 9.00. The quantitative estimate of drug-likeness (QED) is 0.812. The van der Waals surface area contributed by atoms with Gasteiger partial charge in [0, 0.05) is 24.2 Å². The SMILES string of the molecule is CCC1(C)CN(CCCC(C)C)C2(CCCCC2)CN1. The van der Waals surface area contributed by atoms with E-state index in [1.54, 1.807) is 0 Å². The number of piperazine rings is 1. The molecule has 1 saturated carbocycles. The molecule has 2 fully saturated rings. The number of nitrogens with zero attached hydrogens (tertiary/aromatic N) is 1. The van der Waals surface area contributed by atoms with Gasteiger partial charge in [0.2, 0.25) is 0 Å². The van der Waals surface area contributed by atoms with Crippen molar-refractivity contribution < 1.29 is 0 Å². The molecule has 0 amide bonds. The number of hydrogen-bond donors (Lipinski definition) is 1. The molecular weight excluding hydrogens is 244 g/mol. The lowest BCUT2D eigenvalue weighted by atomic mass is 9.76. The van der Waals surface area contributed by atoms with Gasteiger partial charge in [0.05, 0.1) is 0 Å². The van der Waals surface area contributed by atoms with E-state index in [1.807, 2.05) is 0 Å². The molecule has 118 valence electrons. The second-order valence-electron chi connectivity index (χ2n) is 8.01. The van der Waals surface area contributed by atoms with E-state index in [1.165, 1.54) is 71.0 Å². The summed E-state index contributed by atoms with van der Waals surface area (Å²) < 4.78 is 0. The zero-order chi connectivity index (χ0) is 14.6. The Morgan fingerprint density at radius 1 is 1.15 bits per heavy atom. The standard InChI is InChI=1S/C18H36N2/c1-5-17(4)15-20(13-9-10-16(2)3)18(14-19-17)11-7-6-8-12-18/h16,19H,5-15H2,1-4H3. The Morgan fingerprint density at radius 2 is 1.85 bits per heavy atom. The molecule has 0 aromatic carbocycles. The van der Waals surface area contributed by atoms with Crippen molar-refractivity contribution in [2.45, 2.75) is 90.1 Å². The van der Waals surface area contributed by atoms with Crippen molar-refractivity contribution in [3.63, 3.8) is 0 Å². The third-order valence-electron chi connectivity index (χ3n) is 5.83. The van der Waals surface area contributed by atoms with Crippen LogP contribution in [0.25, 0.3) is 0 Å². The molecule has 2 rings (SSSR count). The van der Waals surface area contributed by atoms with E-state index in [0.717, 1.165) is 5.92 Å². The Kier molecular flexibility index (Phi) is 5.53. The van der Waals surface area contributed by atoms with Gasteiger partial charge in [0.25, 0.3) is 0 Å². The summed E-state index contributed by atoms with van der Waals surface area (Å²) in [5, 5.41) is 3.89. The summed E-state index contributed by atoms with van der Waals surface area (Å²) >= 11 is 0. The van der Waals surface area contributed by atoms with E-state index in [0.29, 0.717) is 11.1 Å². The lowest BCUT2D eigenvalue weighted by Crippen LogP contribution is -2.69. The molecule has 1 spiro atoms. The fraction of sp³-hybridized carbons (Fsp3) is 1.00. The molecular formula is C18H36N2. The van der Waals surface area contributed by atoms with Crippen LogP contribution in [-0.4, -0.2) is 35.6 Å². The molecule has 1 aliphatic carbocycles. The molecule has 2 nitrogen and oxygen atoms in total. The Morgan fingerprint density at radius 3 is 2.45 bits per heavy atom. The summed E-state index contributed by atoms with van der Waals surface area (Å²) in [4.78, 5) is 2.88. The molecule has 0 aromatic heterocycles. The zero-order valence-corrected chi connectivity index (χ0v) is 14.3. The monoisotopic (exact) mass is 280 g/mol. The first-order chi connectivity index (χ1) is 9.50. The van der Waals surface area contributed by atoms with Crippen molar-refractivity contribution >= 4 is 0 Å². The largest absolute Gasteiger partial charge is 0.308 e. The van der Waals surface area contributed by atoms with Gasteiger partial charge in [-0.05, 0) is 51.5 Å². The van der Waals surface area contributed by atoms with Crippen LogP contribution < -0.4 is 5.32 Å². The highest BCUT2D eigenvalue weighted by atomic mass is 15.3. The summed E-state index contributed by atoms with van der Waals surface area (Å²) in [5.74, 6) is 0.845. The summed E-state index contributed by atoms with van der Waals surface area (Å²) in [6, 6.07) is 0. The minimum atomic E-state index is 0.334. The van der Waals surface area contributed by atoms with E-state index >= 15 is 0 Å². The van der Waals surface area contributed by atoms with E-state index in [-0.39, 0.29) is 0 Å². The third-order valence-corrected chi connectivity index (χ3v) is 5.83. The maximum absolute atomic E-state index is 3.89. The molecule has 0 radical (unpaired) electrons. The van der Waals surface area contributed by atoms with Crippen LogP contribution >= 0.6 is 0 Å². The lowest BCUT2D eigenvalue weighted by molar-refractivity contribution is -0.0168. The highest BCUT2D eigenvalue weighted by Crippen LogP contribution is 2.37. The summed E-state index contributed by atoms with van der Waals surface area (Å²) in [6.07, 6.45) is 11.2. The van der Waals surface area contributed by atoms with Gasteiger partial charge in [-0.25, -0.2) is 0 Å². The number of rotatable bonds is 5. The number of nitrogens with one attached hydrogen (secondary N) is 1. The van der Waals surface area contributed by atoms with Crippen LogP contribution in [0.1, 0.15) is 79.1 Å². The van der Waals surface area contributed by atoms with Gasteiger partial charge in [0.1, 0.15) is 0 Å². The first kappa shape index (κ1) is 16.3. The van der Waals surface area contributed by atoms with Crippen LogP contribution in [0.4, 0.5) is 0 Å². The second-order valence-corrected chi connectivity index (χ2v) is 8.01. The lowest BCUT2D eigenvalue weighted by Gasteiger charge is -2.55. The maximum atomic E-state index is 3.89. The molecule has 1 N–H and O–H groups in total. The summed E-state index contributed by atoms with van der Waals surface area (Å²) in [7, 11) is 0. The summed E-state index contributed by atoms with van der Waals surface area (Å²) in [5.41, 5.74) is 0.824. The zero-order valence-electron chi connectivity index (χ0n) is 14.3. The van der Waals surface area contributed by atoms with Crippen LogP contribution in [0.2, 0.25) is 0 Å². The summed E-state index contributed by atoms with van der Waals surface area (Å²) in [6.45, 7) is 13.2. The van der Waals surface area contributed by atoms with Crippen LogP contribution in [0.15, 0.2) is 0 Å². The van der Waals surface area contributed by atoms with Crippen molar-refractivity contribution in [3.05, 3.63) is 0 Å². The van der Waals surface area contributed by atoms with E-state index < -0.39 is 0 Å². The van der Waals surface area contributed by atoms with Crippen LogP contribution in [0.5, 0.6) is 0 Å². The smallest absolute Gasteiger partial charge is 0.0334 e. The van der Waals surface area contributed by atoms with Crippen LogP contribution in [0, 0.1) is 5.92 Å². The second kappa shape index (κ2) is 6.79. The van der Waals surface area contributed by atoms with Crippen LogP contribution in [-0.2, 0) is 0 Å². The highest BCUT2D eigenvalue weighted by molar-refractivity contribution is 5.04. The van der Waals surface area contributed by atoms with Crippen molar-refractivity contribution in [2.24, 2.45) is 5.92 Å². The topological polar surface area (TPSA) is 15.3 Å². The molecule has 1 heterocycles. The number of hydrogen-bond acceptors (Lipinski definition) is 2. The van der Waals surface area contributed by atoms with E-state index in [2.05, 4.69) is 37.9 Å². The first-order valence-corrected chi connectivity index (χ1v) is 9.00. The Labute approximate surface area is 126 Å². The average Bonchev–Trinajstić information content (AvgIpc) is 2.44. The predicted octanol–water partition coefficient (Wildman–Crippen LogP) is 4.20. The average molecular weight is 280 g/mol. The minimum absolute atomic E-state index is 0.334. The molecule has 20 heavy (non-hydrogen) atoms. The third kappa shape index (κ3) is 3.76. The fourth-order valence-electron chi connectivity index (χ4n) is 4.08. The Hall–Kier alpha value is -0.0800. The molecule has 2 heteroatoms. The van der Waals surface area contributed by atoms with Crippen molar-refractivity contribution in [1.82, 2.24) is 10.2 Å². The highest BCUT2D eigenvalue weighted by Gasteiger charge is 2.44. The van der Waals surface area contributed by atoms with Gasteiger partial charge < -0.3 is 5.32 Å². The van der Waals surface area contributed by atoms with E-state index in [9.17, 15) is 0 Å². The molecule has 1 atom stereocenters.